The Morgan fingerprint density at radius 3 is 2.33 bits per heavy atom. The number of aryl methyl sites for hydroxylation is 1. The number of rotatable bonds is 3. The Hall–Kier alpha value is -1.81. The molecular formula is C20H20F3Si. The lowest BCUT2D eigenvalue weighted by atomic mass is 9.87. The zero-order valence-corrected chi connectivity index (χ0v) is 15.0. The Balaban J connectivity index is 2.15. The molecule has 0 amide bonds. The van der Waals surface area contributed by atoms with E-state index in [0.717, 1.165) is 11.1 Å². The molecule has 1 radical (unpaired) electrons. The maximum Gasteiger partial charge on any atom is 0.416 e. The zero-order valence-electron chi connectivity index (χ0n) is 14.0. The molecule has 24 heavy (non-hydrogen) atoms. The van der Waals surface area contributed by atoms with Gasteiger partial charge < -0.3 is 0 Å². The van der Waals surface area contributed by atoms with Gasteiger partial charge in [-0.2, -0.15) is 13.2 Å². The molecule has 4 heteroatoms. The van der Waals surface area contributed by atoms with Crippen LogP contribution in [0.3, 0.4) is 0 Å². The fraction of sp³-hybridized carbons (Fsp3) is 0.300. The molecule has 1 aliphatic rings. The number of allylic oxidation sites excluding steroid dienone is 1. The molecule has 0 nitrogen and oxygen atoms in total. The molecule has 125 valence electrons. The van der Waals surface area contributed by atoms with Crippen molar-refractivity contribution in [1.29, 1.82) is 0 Å². The first-order valence-corrected chi connectivity index (χ1v) is 10.6. The highest BCUT2D eigenvalue weighted by atomic mass is 28.3. The van der Waals surface area contributed by atoms with E-state index in [-0.39, 0.29) is 5.92 Å². The molecule has 0 aromatic heterocycles. The van der Waals surface area contributed by atoms with Crippen LogP contribution < -0.4 is 0 Å². The van der Waals surface area contributed by atoms with Crippen LogP contribution in [0.1, 0.15) is 40.7 Å². The molecule has 1 atom stereocenters. The summed E-state index contributed by atoms with van der Waals surface area (Å²) >= 11 is 0. The van der Waals surface area contributed by atoms with Crippen LogP contribution >= 0.6 is 0 Å². The lowest BCUT2D eigenvalue weighted by Gasteiger charge is -2.23. The first-order valence-electron chi connectivity index (χ1n) is 8.14. The van der Waals surface area contributed by atoms with Crippen LogP contribution in [0.5, 0.6) is 0 Å². The number of hydrogen-bond acceptors (Lipinski definition) is 0. The topological polar surface area (TPSA) is 0 Å². The van der Waals surface area contributed by atoms with Crippen molar-refractivity contribution in [3.8, 4) is 0 Å². The van der Waals surface area contributed by atoms with Gasteiger partial charge >= 0.3 is 6.18 Å². The lowest BCUT2D eigenvalue weighted by Crippen LogP contribution is -2.15. The maximum absolute atomic E-state index is 13.1. The molecule has 0 spiro atoms. The SMILES string of the molecule is CCc1cc(C(F)(F)F)ccc1C1C([Si](C)C)=Cc2ccccc21. The predicted molar refractivity (Wildman–Crippen MR) is 94.6 cm³/mol. The van der Waals surface area contributed by atoms with Crippen molar-refractivity contribution in [1.82, 2.24) is 0 Å². The summed E-state index contributed by atoms with van der Waals surface area (Å²) in [5.74, 6) is 0.0994. The Labute approximate surface area is 142 Å². The van der Waals surface area contributed by atoms with Gasteiger partial charge in [-0.3, -0.25) is 0 Å². The van der Waals surface area contributed by atoms with Crippen LogP contribution in [0.15, 0.2) is 47.7 Å². The Morgan fingerprint density at radius 2 is 1.71 bits per heavy atom. The standard InChI is InChI=1S/C20H20F3Si/c1-4-13-11-15(20(21,22)23)9-10-17(13)19-16-8-6-5-7-14(16)12-18(19)24(2)3/h5-12,19H,4H2,1-3H3. The Bertz CT molecular complexity index is 788. The Kier molecular flexibility index (Phi) is 4.43. The van der Waals surface area contributed by atoms with Gasteiger partial charge in [-0.1, -0.05) is 61.6 Å². The van der Waals surface area contributed by atoms with Gasteiger partial charge in [0, 0.05) is 5.92 Å². The minimum Gasteiger partial charge on any atom is -0.166 e. The lowest BCUT2D eigenvalue weighted by molar-refractivity contribution is -0.137. The quantitative estimate of drug-likeness (QED) is 0.591. The number of fused-ring (bicyclic) bond motifs is 1. The summed E-state index contributed by atoms with van der Waals surface area (Å²) in [4.78, 5) is 0. The van der Waals surface area contributed by atoms with Crippen molar-refractivity contribution in [3.05, 3.63) is 75.5 Å². The summed E-state index contributed by atoms with van der Waals surface area (Å²) in [6.07, 6.45) is -1.45. The van der Waals surface area contributed by atoms with Crippen LogP contribution in [-0.4, -0.2) is 8.80 Å². The first-order chi connectivity index (χ1) is 11.3. The van der Waals surface area contributed by atoms with Gasteiger partial charge in [0.1, 0.15) is 0 Å². The van der Waals surface area contributed by atoms with E-state index in [0.29, 0.717) is 6.42 Å². The second-order valence-corrected chi connectivity index (χ2v) is 9.00. The molecule has 3 rings (SSSR count). The third-order valence-corrected chi connectivity index (χ3v) is 6.26. The number of hydrogen-bond donors (Lipinski definition) is 0. The molecular weight excluding hydrogens is 325 g/mol. The second kappa shape index (κ2) is 6.24. The molecule has 0 heterocycles. The summed E-state index contributed by atoms with van der Waals surface area (Å²) in [5.41, 5.74) is 3.67. The molecule has 0 fully saturated rings. The highest BCUT2D eigenvalue weighted by Crippen LogP contribution is 2.44. The molecule has 0 aliphatic heterocycles. The van der Waals surface area contributed by atoms with E-state index in [1.807, 2.05) is 19.1 Å². The minimum absolute atomic E-state index is 0.0994. The zero-order chi connectivity index (χ0) is 17.5. The molecule has 1 aliphatic carbocycles. The van der Waals surface area contributed by atoms with Gasteiger partial charge in [-0.05, 0) is 40.8 Å². The number of benzene rings is 2. The summed E-state index contributed by atoms with van der Waals surface area (Å²) in [5, 5.41) is 1.37. The van der Waals surface area contributed by atoms with Crippen molar-refractivity contribution >= 4 is 14.9 Å². The van der Waals surface area contributed by atoms with Crippen LogP contribution in [0, 0.1) is 0 Å². The minimum atomic E-state index is -4.29. The fourth-order valence-corrected chi connectivity index (χ4v) is 4.79. The van der Waals surface area contributed by atoms with Crippen LogP contribution in [0.2, 0.25) is 13.1 Å². The van der Waals surface area contributed by atoms with Gasteiger partial charge in [-0.15, -0.1) is 0 Å². The van der Waals surface area contributed by atoms with E-state index >= 15 is 0 Å². The summed E-state index contributed by atoms with van der Waals surface area (Å²) < 4.78 is 39.2. The molecule has 0 saturated carbocycles. The number of alkyl halides is 3. The average Bonchev–Trinajstić information content (AvgIpc) is 2.93. The van der Waals surface area contributed by atoms with Crippen molar-refractivity contribution in [2.45, 2.75) is 38.5 Å². The van der Waals surface area contributed by atoms with Crippen LogP contribution in [-0.2, 0) is 12.6 Å². The molecule has 0 bridgehead atoms. The normalized spacial score (nSPS) is 17.1. The van der Waals surface area contributed by atoms with E-state index in [9.17, 15) is 13.2 Å². The van der Waals surface area contributed by atoms with Crippen LogP contribution in [0.4, 0.5) is 13.2 Å². The summed E-state index contributed by atoms with van der Waals surface area (Å²) in [6, 6.07) is 12.5. The van der Waals surface area contributed by atoms with Gasteiger partial charge in [0.25, 0.3) is 0 Å². The van der Waals surface area contributed by atoms with E-state index in [4.69, 9.17) is 0 Å². The van der Waals surface area contributed by atoms with E-state index in [2.05, 4.69) is 31.3 Å². The van der Waals surface area contributed by atoms with Crippen LogP contribution in [0.25, 0.3) is 6.08 Å². The third kappa shape index (κ3) is 2.95. The van der Waals surface area contributed by atoms with E-state index in [1.165, 1.54) is 28.5 Å². The molecule has 2 aromatic carbocycles. The van der Waals surface area contributed by atoms with Crippen molar-refractivity contribution in [2.75, 3.05) is 0 Å². The molecule has 0 N–H and O–H groups in total. The number of halogens is 3. The Morgan fingerprint density at radius 1 is 1.00 bits per heavy atom. The maximum atomic E-state index is 13.1. The smallest absolute Gasteiger partial charge is 0.166 e. The van der Waals surface area contributed by atoms with Gasteiger partial charge in [-0.25, -0.2) is 0 Å². The third-order valence-electron chi connectivity index (χ3n) is 4.67. The molecule has 1 unspecified atom stereocenters. The largest absolute Gasteiger partial charge is 0.416 e. The molecule has 0 saturated heterocycles. The van der Waals surface area contributed by atoms with Gasteiger partial charge in [0.2, 0.25) is 0 Å². The summed E-state index contributed by atoms with van der Waals surface area (Å²) in [6.45, 7) is 6.41. The van der Waals surface area contributed by atoms with E-state index in [1.54, 1.807) is 6.07 Å². The van der Waals surface area contributed by atoms with Gasteiger partial charge in [0.05, 0.1) is 14.4 Å². The van der Waals surface area contributed by atoms with Crippen molar-refractivity contribution in [2.24, 2.45) is 0 Å². The summed E-state index contributed by atoms with van der Waals surface area (Å²) in [7, 11) is -0.698. The predicted octanol–water partition coefficient (Wildman–Crippen LogP) is 6.09. The van der Waals surface area contributed by atoms with Crippen molar-refractivity contribution in [3.63, 3.8) is 0 Å². The first kappa shape index (κ1) is 17.0. The van der Waals surface area contributed by atoms with Crippen molar-refractivity contribution < 1.29 is 13.2 Å². The highest BCUT2D eigenvalue weighted by Gasteiger charge is 2.33. The monoisotopic (exact) mass is 345 g/mol. The fourth-order valence-electron chi connectivity index (χ4n) is 3.46. The second-order valence-electron chi connectivity index (χ2n) is 6.43. The molecule has 2 aromatic rings. The highest BCUT2D eigenvalue weighted by molar-refractivity contribution is 6.65. The van der Waals surface area contributed by atoms with Gasteiger partial charge in [0.15, 0.2) is 0 Å². The van der Waals surface area contributed by atoms with E-state index < -0.39 is 20.5 Å². The average molecular weight is 345 g/mol.